The number of thioether (sulfide) groups is 1. The lowest BCUT2D eigenvalue weighted by Gasteiger charge is -2.07. The summed E-state index contributed by atoms with van der Waals surface area (Å²) >= 11 is 2.82. The summed E-state index contributed by atoms with van der Waals surface area (Å²) in [6.45, 7) is 2.05. The number of non-ortho nitro benzene ring substituents is 1. The minimum Gasteiger partial charge on any atom is -0.338 e. The first-order valence-corrected chi connectivity index (χ1v) is 13.7. The van der Waals surface area contributed by atoms with Gasteiger partial charge in [0.1, 0.15) is 5.52 Å². The lowest BCUT2D eigenvalue weighted by Crippen LogP contribution is -2.09. The average molecular weight is 553 g/mol. The second-order valence-electron chi connectivity index (χ2n) is 8.63. The van der Waals surface area contributed by atoms with E-state index in [0.29, 0.717) is 32.9 Å². The molecule has 0 radical (unpaired) electrons. The molecule has 0 saturated heterocycles. The van der Waals surface area contributed by atoms with Crippen molar-refractivity contribution in [2.45, 2.75) is 12.1 Å². The van der Waals surface area contributed by atoms with Crippen molar-refractivity contribution >= 4 is 61.7 Å². The Morgan fingerprint density at radius 3 is 2.64 bits per heavy atom. The highest BCUT2D eigenvalue weighted by atomic mass is 32.2. The van der Waals surface area contributed by atoms with Crippen LogP contribution >= 0.6 is 23.1 Å². The highest BCUT2D eigenvalue weighted by Crippen LogP contribution is 2.26. The summed E-state index contributed by atoms with van der Waals surface area (Å²) in [6.07, 6.45) is 0. The van der Waals surface area contributed by atoms with Gasteiger partial charge in [-0.1, -0.05) is 59.8 Å². The largest absolute Gasteiger partial charge is 0.338 e. The fraction of sp³-hybridized carbons (Fsp3) is 0.0741. The molecule has 12 heteroatoms. The van der Waals surface area contributed by atoms with E-state index in [2.05, 4.69) is 35.7 Å². The number of rotatable bonds is 8. The second-order valence-corrected chi connectivity index (χ2v) is 10.4. The molecule has 39 heavy (non-hydrogen) atoms. The van der Waals surface area contributed by atoms with Crippen LogP contribution in [0.5, 0.6) is 0 Å². The van der Waals surface area contributed by atoms with E-state index < -0.39 is 4.92 Å². The molecule has 0 aliphatic rings. The Bertz CT molecular complexity index is 1830. The number of aryl methyl sites for hydroxylation is 1. The standard InChI is InChI=1S/C27H20N8O2S2/c1-16-6-8-17(9-7-16)22-14-38-26(29-22)33-31-23(18-10-12-19(13-11-18)35(36)37)15-39-27-30-25-24(32-34-27)20-4-2-3-5-21(20)28-25/h2-14H,15H2,1H3,(H,29,33)(H,28,30,34)/b31-23-. The first-order valence-electron chi connectivity index (χ1n) is 11.9. The normalized spacial score (nSPS) is 11.8. The molecular formula is C27H20N8O2S2. The van der Waals surface area contributed by atoms with Crippen LogP contribution in [-0.4, -0.2) is 41.5 Å². The molecule has 3 aromatic carbocycles. The third-order valence-corrected chi connectivity index (χ3v) is 7.59. The number of fused-ring (bicyclic) bond motifs is 3. The van der Waals surface area contributed by atoms with Gasteiger partial charge in [0, 0.05) is 39.7 Å². The number of benzene rings is 3. The minimum atomic E-state index is -0.426. The van der Waals surface area contributed by atoms with Crippen LogP contribution in [0.2, 0.25) is 0 Å². The van der Waals surface area contributed by atoms with Gasteiger partial charge in [-0.15, -0.1) is 21.5 Å². The molecule has 0 aliphatic carbocycles. The Kier molecular flexibility index (Phi) is 6.69. The molecule has 0 spiro atoms. The van der Waals surface area contributed by atoms with E-state index in [1.54, 1.807) is 12.1 Å². The van der Waals surface area contributed by atoms with Gasteiger partial charge in [0.25, 0.3) is 5.69 Å². The number of anilines is 1. The number of nitrogens with zero attached hydrogens (tertiary/aromatic N) is 6. The Labute approximate surface area is 230 Å². The average Bonchev–Trinajstić information content (AvgIpc) is 3.58. The molecule has 0 amide bonds. The topological polar surface area (TPSA) is 135 Å². The molecule has 0 aliphatic heterocycles. The zero-order chi connectivity index (χ0) is 26.8. The number of hydrazone groups is 1. The molecule has 3 heterocycles. The number of aromatic nitrogens is 5. The van der Waals surface area contributed by atoms with Crippen molar-refractivity contribution in [1.29, 1.82) is 0 Å². The van der Waals surface area contributed by atoms with E-state index in [9.17, 15) is 10.1 Å². The van der Waals surface area contributed by atoms with Crippen LogP contribution in [0.4, 0.5) is 10.8 Å². The summed E-state index contributed by atoms with van der Waals surface area (Å²) in [7, 11) is 0. The van der Waals surface area contributed by atoms with Crippen molar-refractivity contribution in [3.8, 4) is 11.3 Å². The molecule has 0 saturated carbocycles. The fourth-order valence-corrected chi connectivity index (χ4v) is 5.37. The van der Waals surface area contributed by atoms with E-state index >= 15 is 0 Å². The van der Waals surface area contributed by atoms with Gasteiger partial charge in [0.2, 0.25) is 10.3 Å². The highest BCUT2D eigenvalue weighted by Gasteiger charge is 2.13. The Balaban J connectivity index is 1.25. The predicted octanol–water partition coefficient (Wildman–Crippen LogP) is 6.45. The summed E-state index contributed by atoms with van der Waals surface area (Å²) in [5.74, 6) is 0.397. The van der Waals surface area contributed by atoms with Crippen molar-refractivity contribution in [3.05, 3.63) is 99.4 Å². The number of H-pyrrole nitrogens is 1. The molecule has 6 rings (SSSR count). The maximum atomic E-state index is 11.1. The van der Waals surface area contributed by atoms with Gasteiger partial charge in [-0.05, 0) is 30.7 Å². The fourth-order valence-electron chi connectivity index (χ4n) is 3.95. The lowest BCUT2D eigenvalue weighted by molar-refractivity contribution is -0.384. The number of nitro groups is 1. The molecule has 0 unspecified atom stereocenters. The Hall–Kier alpha value is -4.68. The van der Waals surface area contributed by atoms with Crippen LogP contribution in [0.1, 0.15) is 11.1 Å². The van der Waals surface area contributed by atoms with Crippen LogP contribution in [0.3, 0.4) is 0 Å². The molecule has 6 aromatic rings. The molecule has 0 atom stereocenters. The van der Waals surface area contributed by atoms with Gasteiger partial charge in [0.15, 0.2) is 5.65 Å². The number of hydrogen-bond donors (Lipinski definition) is 2. The Morgan fingerprint density at radius 1 is 1.05 bits per heavy atom. The van der Waals surface area contributed by atoms with Crippen molar-refractivity contribution in [2.75, 3.05) is 11.2 Å². The van der Waals surface area contributed by atoms with Crippen LogP contribution in [0, 0.1) is 17.0 Å². The second kappa shape index (κ2) is 10.6. The molecule has 10 nitrogen and oxygen atoms in total. The van der Waals surface area contributed by atoms with Crippen molar-refractivity contribution in [3.63, 3.8) is 0 Å². The minimum absolute atomic E-state index is 0.0122. The number of nitrogens with one attached hydrogen (secondary N) is 2. The molecular weight excluding hydrogens is 532 g/mol. The monoisotopic (exact) mass is 552 g/mol. The van der Waals surface area contributed by atoms with Crippen LogP contribution in [-0.2, 0) is 0 Å². The van der Waals surface area contributed by atoms with E-state index in [1.807, 2.05) is 60.8 Å². The quantitative estimate of drug-likeness (QED) is 0.0951. The summed E-state index contributed by atoms with van der Waals surface area (Å²) < 4.78 is 0. The van der Waals surface area contributed by atoms with Crippen LogP contribution < -0.4 is 5.43 Å². The first-order chi connectivity index (χ1) is 19.0. The zero-order valence-corrected chi connectivity index (χ0v) is 22.2. The summed E-state index contributed by atoms with van der Waals surface area (Å²) in [6, 6.07) is 22.3. The van der Waals surface area contributed by atoms with Gasteiger partial charge in [-0.25, -0.2) is 9.97 Å². The highest BCUT2D eigenvalue weighted by molar-refractivity contribution is 7.99. The Morgan fingerprint density at radius 2 is 1.85 bits per heavy atom. The zero-order valence-electron chi connectivity index (χ0n) is 20.5. The van der Waals surface area contributed by atoms with E-state index in [-0.39, 0.29) is 5.69 Å². The number of nitro benzene ring substituents is 1. The maximum Gasteiger partial charge on any atom is 0.269 e. The SMILES string of the molecule is Cc1ccc(-c2csc(N/N=C(/CSc3nnc4c(n3)[nH]c3ccccc34)c3ccc([N+](=O)[O-])cc3)n2)cc1. The van der Waals surface area contributed by atoms with Gasteiger partial charge in [-0.3, -0.25) is 15.5 Å². The summed E-state index contributed by atoms with van der Waals surface area (Å²) in [5.41, 5.74) is 9.84. The van der Waals surface area contributed by atoms with Crippen molar-refractivity contribution in [2.24, 2.45) is 5.10 Å². The van der Waals surface area contributed by atoms with Gasteiger partial charge in [-0.2, -0.15) is 5.10 Å². The number of thiazole rings is 1. The molecule has 192 valence electrons. The van der Waals surface area contributed by atoms with Crippen LogP contribution in [0.25, 0.3) is 33.3 Å². The molecule has 2 N–H and O–H groups in total. The molecule has 3 aromatic heterocycles. The van der Waals surface area contributed by atoms with Crippen molar-refractivity contribution in [1.82, 2.24) is 25.1 Å². The van der Waals surface area contributed by atoms with E-state index in [1.165, 1.54) is 40.8 Å². The third-order valence-electron chi connectivity index (χ3n) is 5.99. The maximum absolute atomic E-state index is 11.1. The van der Waals surface area contributed by atoms with Gasteiger partial charge in [0.05, 0.1) is 16.3 Å². The smallest absolute Gasteiger partial charge is 0.269 e. The van der Waals surface area contributed by atoms with Crippen LogP contribution in [0.15, 0.2) is 88.4 Å². The third kappa shape index (κ3) is 5.33. The number of aromatic amines is 1. The van der Waals surface area contributed by atoms with Gasteiger partial charge >= 0.3 is 0 Å². The lowest BCUT2D eigenvalue weighted by atomic mass is 10.1. The van der Waals surface area contributed by atoms with Crippen molar-refractivity contribution < 1.29 is 4.92 Å². The van der Waals surface area contributed by atoms with E-state index in [0.717, 1.165) is 27.7 Å². The first kappa shape index (κ1) is 24.6. The predicted molar refractivity (Wildman–Crippen MR) is 155 cm³/mol. The summed E-state index contributed by atoms with van der Waals surface area (Å²) in [4.78, 5) is 23.3. The number of para-hydroxylation sites is 1. The molecule has 0 fully saturated rings. The summed E-state index contributed by atoms with van der Waals surface area (Å²) in [5, 5.41) is 28.5. The van der Waals surface area contributed by atoms with E-state index in [4.69, 9.17) is 0 Å². The van der Waals surface area contributed by atoms with Gasteiger partial charge < -0.3 is 4.98 Å². The molecule has 0 bridgehead atoms. The number of hydrogen-bond acceptors (Lipinski definition) is 10.